The number of benzene rings is 2. The number of amides is 3. The van der Waals surface area contributed by atoms with Crippen molar-refractivity contribution in [2.45, 2.75) is 19.8 Å². The maximum absolute atomic E-state index is 12.7. The van der Waals surface area contributed by atoms with Gasteiger partial charge in [0.2, 0.25) is 5.91 Å². The number of methoxy groups -OCH3 is 1. The molecule has 2 aromatic carbocycles. The van der Waals surface area contributed by atoms with Gasteiger partial charge in [0.1, 0.15) is 5.75 Å². The molecule has 29 heavy (non-hydrogen) atoms. The highest BCUT2D eigenvalue weighted by Gasteiger charge is 2.30. The van der Waals surface area contributed by atoms with Gasteiger partial charge in [0.05, 0.1) is 12.8 Å². The lowest BCUT2D eigenvalue weighted by atomic mass is 9.85. The van der Waals surface area contributed by atoms with Gasteiger partial charge in [-0.2, -0.15) is 0 Å². The summed E-state index contributed by atoms with van der Waals surface area (Å²) in [4.78, 5) is 27.0. The molecule has 3 rings (SSSR count). The quantitative estimate of drug-likeness (QED) is 0.732. The number of para-hydroxylation sites is 1. The van der Waals surface area contributed by atoms with Gasteiger partial charge in [-0.15, -0.1) is 0 Å². The molecule has 1 heterocycles. The second kappa shape index (κ2) is 9.65. The molecule has 7 heteroatoms. The summed E-state index contributed by atoms with van der Waals surface area (Å²) in [6.07, 6.45) is 1.56. The summed E-state index contributed by atoms with van der Waals surface area (Å²) in [5.74, 6) is 0.527. The molecule has 1 saturated heterocycles. The van der Waals surface area contributed by atoms with Crippen LogP contribution in [0.1, 0.15) is 19.8 Å². The van der Waals surface area contributed by atoms with Gasteiger partial charge in [-0.25, -0.2) is 4.79 Å². The minimum Gasteiger partial charge on any atom is -0.495 e. The summed E-state index contributed by atoms with van der Waals surface area (Å²) in [6, 6.07) is 14.4. The normalized spacial score (nSPS) is 15.5. The van der Waals surface area contributed by atoms with Gasteiger partial charge in [-0.1, -0.05) is 36.7 Å². The standard InChI is InChI=1S/C22H26ClN3O3/c1-15(21(27)25-19-14-17(23)8-9-20(19)29-2)16-10-12-26(13-11-16)22(28)24-18-6-4-3-5-7-18/h3-9,14-16H,10-13H2,1-2H3,(H,24,28)(H,25,27)/t15-/m1/s1. The lowest BCUT2D eigenvalue weighted by Gasteiger charge is -2.34. The van der Waals surface area contributed by atoms with Crippen LogP contribution in [-0.4, -0.2) is 37.0 Å². The molecule has 0 radical (unpaired) electrons. The molecule has 0 spiro atoms. The fraction of sp³-hybridized carbons (Fsp3) is 0.364. The van der Waals surface area contributed by atoms with Crippen molar-refractivity contribution in [1.29, 1.82) is 0 Å². The van der Waals surface area contributed by atoms with Gasteiger partial charge in [0.25, 0.3) is 0 Å². The minimum atomic E-state index is -0.182. The Morgan fingerprint density at radius 2 is 1.79 bits per heavy atom. The lowest BCUT2D eigenvalue weighted by molar-refractivity contribution is -0.121. The summed E-state index contributed by atoms with van der Waals surface area (Å²) in [5.41, 5.74) is 1.35. The van der Waals surface area contributed by atoms with E-state index < -0.39 is 0 Å². The Labute approximate surface area is 176 Å². The molecule has 3 amide bonds. The number of likely N-dealkylation sites (tertiary alicyclic amines) is 1. The molecule has 0 unspecified atom stereocenters. The van der Waals surface area contributed by atoms with Crippen molar-refractivity contribution in [2.75, 3.05) is 30.8 Å². The van der Waals surface area contributed by atoms with E-state index >= 15 is 0 Å². The van der Waals surface area contributed by atoms with E-state index in [1.807, 2.05) is 37.3 Å². The predicted octanol–water partition coefficient (Wildman–Crippen LogP) is 4.87. The highest BCUT2D eigenvalue weighted by molar-refractivity contribution is 6.31. The Kier molecular flexibility index (Phi) is 6.99. The van der Waals surface area contributed by atoms with Crippen LogP contribution in [0.2, 0.25) is 5.02 Å². The van der Waals surface area contributed by atoms with Crippen LogP contribution in [0.4, 0.5) is 16.2 Å². The zero-order valence-corrected chi connectivity index (χ0v) is 17.4. The largest absolute Gasteiger partial charge is 0.495 e. The number of hydrogen-bond donors (Lipinski definition) is 2. The third-order valence-electron chi connectivity index (χ3n) is 5.39. The molecule has 0 aromatic heterocycles. The summed E-state index contributed by atoms with van der Waals surface area (Å²) >= 11 is 6.04. The molecule has 6 nitrogen and oxygen atoms in total. The first-order valence-corrected chi connectivity index (χ1v) is 10.1. The predicted molar refractivity (Wildman–Crippen MR) is 116 cm³/mol. The zero-order valence-electron chi connectivity index (χ0n) is 16.7. The lowest BCUT2D eigenvalue weighted by Crippen LogP contribution is -2.43. The van der Waals surface area contributed by atoms with E-state index in [9.17, 15) is 9.59 Å². The smallest absolute Gasteiger partial charge is 0.321 e. The third-order valence-corrected chi connectivity index (χ3v) is 5.63. The van der Waals surface area contributed by atoms with Crippen LogP contribution in [0.3, 0.4) is 0 Å². The number of urea groups is 1. The molecule has 0 saturated carbocycles. The van der Waals surface area contributed by atoms with Crippen LogP contribution in [0.5, 0.6) is 5.75 Å². The number of halogens is 1. The molecule has 0 aliphatic carbocycles. The first-order valence-electron chi connectivity index (χ1n) is 9.73. The average Bonchev–Trinajstić information content (AvgIpc) is 2.74. The van der Waals surface area contributed by atoms with Crippen molar-refractivity contribution in [3.63, 3.8) is 0 Å². The second-order valence-corrected chi connectivity index (χ2v) is 7.68. The molecular weight excluding hydrogens is 390 g/mol. The van der Waals surface area contributed by atoms with Gasteiger partial charge in [0.15, 0.2) is 0 Å². The first-order chi connectivity index (χ1) is 14.0. The van der Waals surface area contributed by atoms with Gasteiger partial charge < -0.3 is 20.3 Å². The van der Waals surface area contributed by atoms with Gasteiger partial charge >= 0.3 is 6.03 Å². The van der Waals surface area contributed by atoms with E-state index in [0.29, 0.717) is 29.5 Å². The number of ether oxygens (including phenoxy) is 1. The van der Waals surface area contributed by atoms with E-state index in [2.05, 4.69) is 10.6 Å². The first kappa shape index (κ1) is 21.0. The van der Waals surface area contributed by atoms with Crippen molar-refractivity contribution < 1.29 is 14.3 Å². The molecule has 0 bridgehead atoms. The number of rotatable bonds is 5. The molecular formula is C22H26ClN3O3. The van der Waals surface area contributed by atoms with Crippen molar-refractivity contribution in [3.8, 4) is 5.75 Å². The van der Waals surface area contributed by atoms with Crippen LogP contribution in [-0.2, 0) is 4.79 Å². The van der Waals surface area contributed by atoms with Crippen molar-refractivity contribution in [2.24, 2.45) is 11.8 Å². The monoisotopic (exact) mass is 415 g/mol. The van der Waals surface area contributed by atoms with E-state index in [4.69, 9.17) is 16.3 Å². The van der Waals surface area contributed by atoms with Crippen LogP contribution in [0, 0.1) is 11.8 Å². The molecule has 1 atom stereocenters. The molecule has 1 fully saturated rings. The zero-order chi connectivity index (χ0) is 20.8. The molecule has 2 N–H and O–H groups in total. The summed E-state index contributed by atoms with van der Waals surface area (Å²) < 4.78 is 5.29. The number of carbonyl (C=O) groups excluding carboxylic acids is 2. The summed E-state index contributed by atoms with van der Waals surface area (Å²) in [7, 11) is 1.55. The fourth-order valence-corrected chi connectivity index (χ4v) is 3.74. The number of nitrogens with zero attached hydrogens (tertiary/aromatic N) is 1. The Balaban J connectivity index is 1.53. The number of hydrogen-bond acceptors (Lipinski definition) is 3. The summed E-state index contributed by atoms with van der Waals surface area (Å²) in [5, 5.41) is 6.37. The average molecular weight is 416 g/mol. The molecule has 154 valence electrons. The number of nitrogens with one attached hydrogen (secondary N) is 2. The highest BCUT2D eigenvalue weighted by atomic mass is 35.5. The van der Waals surface area contributed by atoms with E-state index in [-0.39, 0.29) is 23.8 Å². The Morgan fingerprint density at radius 1 is 1.10 bits per heavy atom. The summed E-state index contributed by atoms with van der Waals surface area (Å²) in [6.45, 7) is 3.18. The van der Waals surface area contributed by atoms with Gasteiger partial charge in [0, 0.05) is 29.7 Å². The maximum Gasteiger partial charge on any atom is 0.321 e. The van der Waals surface area contributed by atoms with Crippen LogP contribution < -0.4 is 15.4 Å². The van der Waals surface area contributed by atoms with Crippen molar-refractivity contribution in [3.05, 3.63) is 53.6 Å². The molecule has 2 aromatic rings. The highest BCUT2D eigenvalue weighted by Crippen LogP contribution is 2.30. The van der Waals surface area contributed by atoms with E-state index in [1.54, 1.807) is 30.2 Å². The Morgan fingerprint density at radius 3 is 2.45 bits per heavy atom. The van der Waals surface area contributed by atoms with E-state index in [1.165, 1.54) is 0 Å². The van der Waals surface area contributed by atoms with Crippen LogP contribution >= 0.6 is 11.6 Å². The van der Waals surface area contributed by atoms with Gasteiger partial charge in [-0.3, -0.25) is 4.79 Å². The van der Waals surface area contributed by atoms with Crippen LogP contribution in [0.15, 0.2) is 48.5 Å². The van der Waals surface area contributed by atoms with E-state index in [0.717, 1.165) is 18.5 Å². The second-order valence-electron chi connectivity index (χ2n) is 7.24. The fourth-order valence-electron chi connectivity index (χ4n) is 3.57. The minimum absolute atomic E-state index is 0.0715. The Bertz CT molecular complexity index is 852. The Hall–Kier alpha value is -2.73. The molecule has 1 aliphatic heterocycles. The number of piperidine rings is 1. The maximum atomic E-state index is 12.7. The van der Waals surface area contributed by atoms with Crippen molar-refractivity contribution >= 4 is 34.9 Å². The van der Waals surface area contributed by atoms with Crippen LogP contribution in [0.25, 0.3) is 0 Å². The number of carbonyl (C=O) groups is 2. The molecule has 1 aliphatic rings. The third kappa shape index (κ3) is 5.41. The van der Waals surface area contributed by atoms with Crippen molar-refractivity contribution in [1.82, 2.24) is 4.90 Å². The van der Waals surface area contributed by atoms with Gasteiger partial charge in [-0.05, 0) is 49.1 Å². The number of anilines is 2. The topological polar surface area (TPSA) is 70.7 Å². The SMILES string of the molecule is COc1ccc(Cl)cc1NC(=O)[C@H](C)C1CCN(C(=O)Nc2ccccc2)CC1.